The lowest BCUT2D eigenvalue weighted by molar-refractivity contribution is 0.0562. The molecule has 118 valence electrons. The Hall–Kier alpha value is -2.07. The zero-order chi connectivity index (χ0) is 16.2. The quantitative estimate of drug-likeness (QED) is 0.850. The fraction of sp³-hybridized carbons (Fsp3) is 0.389. The molecule has 0 saturated carbocycles. The average molecular weight is 301 g/mol. The number of furan rings is 1. The van der Waals surface area contributed by atoms with Crippen LogP contribution in [0.25, 0.3) is 0 Å². The van der Waals surface area contributed by atoms with E-state index >= 15 is 0 Å². The molecule has 22 heavy (non-hydrogen) atoms. The van der Waals surface area contributed by atoms with Gasteiger partial charge >= 0.3 is 5.97 Å². The van der Waals surface area contributed by atoms with Gasteiger partial charge in [0, 0.05) is 6.04 Å². The van der Waals surface area contributed by atoms with Crippen LogP contribution < -0.4 is 5.32 Å². The van der Waals surface area contributed by atoms with Crippen LogP contribution in [0.15, 0.2) is 46.9 Å². The number of rotatable bonds is 5. The van der Waals surface area contributed by atoms with E-state index < -0.39 is 5.97 Å². The first-order valence-electron chi connectivity index (χ1n) is 7.37. The Morgan fingerprint density at radius 2 is 1.86 bits per heavy atom. The molecule has 0 fully saturated rings. The Morgan fingerprint density at radius 3 is 2.45 bits per heavy atom. The molecular weight excluding hydrogens is 278 g/mol. The maximum Gasteiger partial charge on any atom is 0.373 e. The third-order valence-corrected chi connectivity index (χ3v) is 3.53. The predicted octanol–water partition coefficient (Wildman–Crippen LogP) is 3.94. The minimum Gasteiger partial charge on any atom is -0.463 e. The second-order valence-electron chi connectivity index (χ2n) is 6.35. The van der Waals surface area contributed by atoms with E-state index in [1.807, 2.05) is 18.2 Å². The van der Waals surface area contributed by atoms with E-state index in [-0.39, 0.29) is 17.2 Å². The Labute approximate surface area is 131 Å². The van der Waals surface area contributed by atoms with Crippen molar-refractivity contribution in [3.8, 4) is 0 Å². The topological polar surface area (TPSA) is 51.5 Å². The van der Waals surface area contributed by atoms with E-state index in [0.717, 1.165) is 0 Å². The van der Waals surface area contributed by atoms with E-state index in [1.165, 1.54) is 12.7 Å². The molecule has 2 aromatic rings. The molecule has 1 unspecified atom stereocenters. The SMILES string of the molecule is COC(=O)c1ccc(CNC(c2ccccc2)C(C)(C)C)o1. The van der Waals surface area contributed by atoms with E-state index in [9.17, 15) is 4.79 Å². The zero-order valence-electron chi connectivity index (χ0n) is 13.6. The van der Waals surface area contributed by atoms with Crippen molar-refractivity contribution in [3.05, 3.63) is 59.5 Å². The molecule has 4 nitrogen and oxygen atoms in total. The molecule has 0 amide bonds. The molecule has 4 heteroatoms. The van der Waals surface area contributed by atoms with Crippen molar-refractivity contribution in [2.75, 3.05) is 7.11 Å². The van der Waals surface area contributed by atoms with Crippen LogP contribution in [0, 0.1) is 5.41 Å². The van der Waals surface area contributed by atoms with Crippen LogP contribution in [0.5, 0.6) is 0 Å². The second kappa shape index (κ2) is 6.79. The second-order valence-corrected chi connectivity index (χ2v) is 6.35. The van der Waals surface area contributed by atoms with Gasteiger partial charge in [-0.1, -0.05) is 51.1 Å². The van der Waals surface area contributed by atoms with Crippen molar-refractivity contribution in [3.63, 3.8) is 0 Å². The molecule has 0 bridgehead atoms. The summed E-state index contributed by atoms with van der Waals surface area (Å²) in [6.45, 7) is 7.13. The number of hydrogen-bond donors (Lipinski definition) is 1. The van der Waals surface area contributed by atoms with Gasteiger partial charge in [-0.15, -0.1) is 0 Å². The summed E-state index contributed by atoms with van der Waals surface area (Å²) in [4.78, 5) is 11.4. The lowest BCUT2D eigenvalue weighted by Crippen LogP contribution is -2.31. The zero-order valence-corrected chi connectivity index (χ0v) is 13.6. The highest BCUT2D eigenvalue weighted by Gasteiger charge is 2.26. The standard InChI is InChI=1S/C18H23NO3/c1-18(2,3)16(13-8-6-5-7-9-13)19-12-14-10-11-15(22-14)17(20)21-4/h5-11,16,19H,12H2,1-4H3. The summed E-state index contributed by atoms with van der Waals surface area (Å²) >= 11 is 0. The van der Waals surface area contributed by atoms with E-state index in [0.29, 0.717) is 12.3 Å². The van der Waals surface area contributed by atoms with Crippen molar-refractivity contribution < 1.29 is 13.9 Å². The molecule has 0 aliphatic rings. The van der Waals surface area contributed by atoms with Crippen molar-refractivity contribution in [1.82, 2.24) is 5.32 Å². The first-order chi connectivity index (χ1) is 10.4. The van der Waals surface area contributed by atoms with Gasteiger partial charge in [-0.05, 0) is 23.1 Å². The maximum absolute atomic E-state index is 11.4. The van der Waals surface area contributed by atoms with Crippen LogP contribution in [0.1, 0.15) is 48.7 Å². The molecular formula is C18H23NO3. The summed E-state index contributed by atoms with van der Waals surface area (Å²) in [5.41, 5.74) is 1.29. The summed E-state index contributed by atoms with van der Waals surface area (Å²) in [7, 11) is 1.34. The van der Waals surface area contributed by atoms with Crippen molar-refractivity contribution in [1.29, 1.82) is 0 Å². The van der Waals surface area contributed by atoms with Gasteiger partial charge in [0.1, 0.15) is 5.76 Å². The van der Waals surface area contributed by atoms with Crippen molar-refractivity contribution in [2.45, 2.75) is 33.4 Å². The molecule has 1 N–H and O–H groups in total. The Morgan fingerprint density at radius 1 is 1.18 bits per heavy atom. The normalized spacial score (nSPS) is 12.9. The van der Waals surface area contributed by atoms with Crippen LogP contribution in [0.2, 0.25) is 0 Å². The smallest absolute Gasteiger partial charge is 0.373 e. The summed E-state index contributed by atoms with van der Waals surface area (Å²) in [5.74, 6) is 0.485. The number of carbonyl (C=O) groups is 1. The number of esters is 1. The molecule has 1 aromatic carbocycles. The number of nitrogens with one attached hydrogen (secondary N) is 1. The largest absolute Gasteiger partial charge is 0.463 e. The van der Waals surface area contributed by atoms with Gasteiger partial charge in [0.25, 0.3) is 0 Å². The third-order valence-electron chi connectivity index (χ3n) is 3.53. The number of ether oxygens (including phenoxy) is 1. The van der Waals surface area contributed by atoms with Gasteiger partial charge in [-0.2, -0.15) is 0 Å². The first kappa shape index (κ1) is 16.3. The summed E-state index contributed by atoms with van der Waals surface area (Å²) in [6, 6.07) is 13.9. The van der Waals surface area contributed by atoms with Crippen LogP contribution in [0.4, 0.5) is 0 Å². The molecule has 0 saturated heterocycles. The average Bonchev–Trinajstić information content (AvgIpc) is 2.95. The number of hydrogen-bond acceptors (Lipinski definition) is 4. The fourth-order valence-corrected chi connectivity index (χ4v) is 2.46. The summed E-state index contributed by atoms with van der Waals surface area (Å²) < 4.78 is 10.1. The molecule has 1 aromatic heterocycles. The van der Waals surface area contributed by atoms with E-state index in [4.69, 9.17) is 4.42 Å². The lowest BCUT2D eigenvalue weighted by atomic mass is 9.82. The predicted molar refractivity (Wildman–Crippen MR) is 85.5 cm³/mol. The van der Waals surface area contributed by atoms with E-state index in [2.05, 4.69) is 43.0 Å². The minimum absolute atomic E-state index is 0.0547. The highest BCUT2D eigenvalue weighted by molar-refractivity contribution is 5.86. The fourth-order valence-electron chi connectivity index (χ4n) is 2.46. The Kier molecular flexibility index (Phi) is 5.03. The maximum atomic E-state index is 11.4. The van der Waals surface area contributed by atoms with Gasteiger partial charge in [0.2, 0.25) is 5.76 Å². The highest BCUT2D eigenvalue weighted by atomic mass is 16.5. The molecule has 2 rings (SSSR count). The molecule has 1 atom stereocenters. The molecule has 0 aliphatic heterocycles. The summed E-state index contributed by atoms with van der Waals surface area (Å²) in [6.07, 6.45) is 0. The van der Waals surface area contributed by atoms with Crippen LogP contribution in [0.3, 0.4) is 0 Å². The number of carbonyl (C=O) groups excluding carboxylic acids is 1. The van der Waals surface area contributed by atoms with Gasteiger partial charge in [-0.25, -0.2) is 4.79 Å². The Bertz CT molecular complexity index is 611. The summed E-state index contributed by atoms with van der Waals surface area (Å²) in [5, 5.41) is 3.52. The van der Waals surface area contributed by atoms with Gasteiger partial charge < -0.3 is 14.5 Å². The molecule has 0 spiro atoms. The Balaban J connectivity index is 2.09. The van der Waals surface area contributed by atoms with Gasteiger partial charge in [-0.3, -0.25) is 0 Å². The molecule has 0 radical (unpaired) electrons. The van der Waals surface area contributed by atoms with Crippen molar-refractivity contribution in [2.24, 2.45) is 5.41 Å². The first-order valence-corrected chi connectivity index (χ1v) is 7.37. The van der Waals surface area contributed by atoms with Crippen LogP contribution in [-0.2, 0) is 11.3 Å². The van der Waals surface area contributed by atoms with E-state index in [1.54, 1.807) is 12.1 Å². The van der Waals surface area contributed by atoms with Crippen LogP contribution in [-0.4, -0.2) is 13.1 Å². The number of benzene rings is 1. The number of methoxy groups -OCH3 is 1. The highest BCUT2D eigenvalue weighted by Crippen LogP contribution is 2.32. The lowest BCUT2D eigenvalue weighted by Gasteiger charge is -2.32. The minimum atomic E-state index is -0.457. The van der Waals surface area contributed by atoms with Crippen LogP contribution >= 0.6 is 0 Å². The monoisotopic (exact) mass is 301 g/mol. The third kappa shape index (κ3) is 3.98. The molecule has 0 aliphatic carbocycles. The van der Waals surface area contributed by atoms with Gasteiger partial charge in [0.05, 0.1) is 13.7 Å². The molecule has 1 heterocycles. The van der Waals surface area contributed by atoms with Gasteiger partial charge in [0.15, 0.2) is 0 Å². The van der Waals surface area contributed by atoms with Crippen molar-refractivity contribution >= 4 is 5.97 Å².